The zero-order valence-corrected chi connectivity index (χ0v) is 11.9. The van der Waals surface area contributed by atoms with E-state index in [1.165, 1.54) is 11.8 Å². The maximum Gasteiger partial charge on any atom is 0.271 e. The molecule has 0 aliphatic carbocycles. The molecule has 0 radical (unpaired) electrons. The van der Waals surface area contributed by atoms with Gasteiger partial charge in [0.1, 0.15) is 5.69 Å². The summed E-state index contributed by atoms with van der Waals surface area (Å²) in [4.78, 5) is 31.2. The molecule has 2 aromatic heterocycles. The van der Waals surface area contributed by atoms with Crippen molar-refractivity contribution in [1.29, 1.82) is 0 Å². The van der Waals surface area contributed by atoms with Crippen LogP contribution in [-0.2, 0) is 4.79 Å². The van der Waals surface area contributed by atoms with Crippen molar-refractivity contribution in [3.8, 4) is 11.1 Å². The molecule has 0 saturated carbocycles. The summed E-state index contributed by atoms with van der Waals surface area (Å²) in [7, 11) is 0. The Morgan fingerprint density at radius 3 is 2.81 bits per heavy atom. The van der Waals surface area contributed by atoms with E-state index in [0.29, 0.717) is 4.91 Å². The summed E-state index contributed by atoms with van der Waals surface area (Å²) in [5, 5.41) is 2.67. The fraction of sp³-hybridized carbons (Fsp3) is 0.133. The molecule has 2 aromatic rings. The molecular formula is C15H13N3O2S. The Morgan fingerprint density at radius 1 is 1.29 bits per heavy atom. The van der Waals surface area contributed by atoms with Crippen LogP contribution in [0.5, 0.6) is 0 Å². The largest absolute Gasteiger partial charge is 0.327 e. The summed E-state index contributed by atoms with van der Waals surface area (Å²) in [6.07, 6.45) is 7.76. The first-order valence-corrected chi connectivity index (χ1v) is 7.50. The molecular weight excluding hydrogens is 286 g/mol. The maximum atomic E-state index is 12.1. The molecule has 6 heteroatoms. The lowest BCUT2D eigenvalue weighted by Crippen LogP contribution is -2.19. The van der Waals surface area contributed by atoms with Crippen LogP contribution in [0.3, 0.4) is 0 Å². The Labute approximate surface area is 125 Å². The first kappa shape index (κ1) is 13.6. The van der Waals surface area contributed by atoms with E-state index in [-0.39, 0.29) is 17.2 Å². The van der Waals surface area contributed by atoms with Crippen molar-refractivity contribution in [2.75, 3.05) is 11.1 Å². The Balaban J connectivity index is 1.88. The van der Waals surface area contributed by atoms with Crippen molar-refractivity contribution in [3.05, 3.63) is 58.1 Å². The fourth-order valence-electron chi connectivity index (χ4n) is 2.05. The molecule has 0 atom stereocenters. The highest BCUT2D eigenvalue weighted by Crippen LogP contribution is 2.26. The van der Waals surface area contributed by atoms with E-state index in [1.54, 1.807) is 24.7 Å². The molecule has 0 aromatic carbocycles. The molecule has 2 N–H and O–H groups in total. The average molecular weight is 299 g/mol. The van der Waals surface area contributed by atoms with Crippen LogP contribution in [-0.4, -0.2) is 21.6 Å². The first-order chi connectivity index (χ1) is 10.2. The second-order valence-corrected chi connectivity index (χ2v) is 5.66. The van der Waals surface area contributed by atoms with Gasteiger partial charge in [0.05, 0.1) is 4.91 Å². The molecule has 21 heavy (non-hydrogen) atoms. The number of pyridine rings is 2. The predicted molar refractivity (Wildman–Crippen MR) is 84.1 cm³/mol. The van der Waals surface area contributed by atoms with Gasteiger partial charge in [0.2, 0.25) is 0 Å². The van der Waals surface area contributed by atoms with Gasteiger partial charge in [0.25, 0.3) is 11.5 Å². The average Bonchev–Trinajstić information content (AvgIpc) is 3.05. The smallest absolute Gasteiger partial charge is 0.271 e. The van der Waals surface area contributed by atoms with E-state index in [0.717, 1.165) is 23.3 Å². The lowest BCUT2D eigenvalue weighted by Gasteiger charge is -2.07. The van der Waals surface area contributed by atoms with E-state index in [9.17, 15) is 9.59 Å². The zero-order valence-electron chi connectivity index (χ0n) is 11.1. The Morgan fingerprint density at radius 2 is 2.10 bits per heavy atom. The molecule has 1 aliphatic heterocycles. The topological polar surface area (TPSA) is 74.8 Å². The van der Waals surface area contributed by atoms with Gasteiger partial charge in [-0.15, -0.1) is 11.8 Å². The van der Waals surface area contributed by atoms with Gasteiger partial charge in [-0.2, -0.15) is 0 Å². The minimum absolute atomic E-state index is 0.227. The van der Waals surface area contributed by atoms with Crippen molar-refractivity contribution in [3.63, 3.8) is 0 Å². The van der Waals surface area contributed by atoms with Crippen molar-refractivity contribution in [1.82, 2.24) is 9.97 Å². The number of aromatic nitrogens is 2. The van der Waals surface area contributed by atoms with E-state index in [4.69, 9.17) is 0 Å². The highest BCUT2D eigenvalue weighted by Gasteiger charge is 2.15. The maximum absolute atomic E-state index is 12.1. The van der Waals surface area contributed by atoms with E-state index in [1.807, 2.05) is 18.2 Å². The number of H-pyrrole nitrogens is 1. The van der Waals surface area contributed by atoms with E-state index in [2.05, 4.69) is 15.3 Å². The molecule has 0 spiro atoms. The number of allylic oxidation sites excluding steroid dienone is 1. The van der Waals surface area contributed by atoms with Crippen LogP contribution in [0.2, 0.25) is 0 Å². The first-order valence-electron chi connectivity index (χ1n) is 6.51. The minimum Gasteiger partial charge on any atom is -0.327 e. The predicted octanol–water partition coefficient (Wildman–Crippen LogP) is 2.40. The summed E-state index contributed by atoms with van der Waals surface area (Å²) in [6.45, 7) is 0. The standard InChI is InChI=1S/C15H13N3O2S/c19-14-12(18-15(20)13-2-1-7-21-13)8-11(9-17-14)10-3-5-16-6-4-10/h2-6,8-9H,1,7H2,(H,17,19)(H,18,20). The van der Waals surface area contributed by atoms with Gasteiger partial charge in [-0.3, -0.25) is 14.6 Å². The molecule has 106 valence electrons. The molecule has 1 amide bonds. The number of hydrogen-bond donors (Lipinski definition) is 2. The lowest BCUT2D eigenvalue weighted by atomic mass is 10.1. The van der Waals surface area contributed by atoms with Gasteiger partial charge in [-0.05, 0) is 30.2 Å². The van der Waals surface area contributed by atoms with Crippen LogP contribution in [0.25, 0.3) is 11.1 Å². The second-order valence-electron chi connectivity index (χ2n) is 4.53. The van der Waals surface area contributed by atoms with Gasteiger partial charge < -0.3 is 10.3 Å². The quantitative estimate of drug-likeness (QED) is 0.912. The minimum atomic E-state index is -0.315. The molecule has 0 bridgehead atoms. The number of nitrogens with zero attached hydrogens (tertiary/aromatic N) is 1. The number of amides is 1. The highest BCUT2D eigenvalue weighted by atomic mass is 32.2. The summed E-state index contributed by atoms with van der Waals surface area (Å²) < 4.78 is 0. The number of aromatic amines is 1. The van der Waals surface area contributed by atoms with Crippen molar-refractivity contribution in [2.24, 2.45) is 0 Å². The number of thioether (sulfide) groups is 1. The molecule has 1 aliphatic rings. The highest BCUT2D eigenvalue weighted by molar-refractivity contribution is 8.04. The van der Waals surface area contributed by atoms with Gasteiger partial charge in [-0.1, -0.05) is 6.08 Å². The van der Waals surface area contributed by atoms with Gasteiger partial charge in [-0.25, -0.2) is 0 Å². The number of anilines is 1. The number of rotatable bonds is 3. The molecule has 3 heterocycles. The van der Waals surface area contributed by atoms with Crippen LogP contribution in [0, 0.1) is 0 Å². The van der Waals surface area contributed by atoms with Crippen LogP contribution in [0.15, 0.2) is 52.6 Å². The van der Waals surface area contributed by atoms with E-state index < -0.39 is 0 Å². The van der Waals surface area contributed by atoms with Crippen molar-refractivity contribution in [2.45, 2.75) is 6.42 Å². The number of carbonyl (C=O) groups excluding carboxylic acids is 1. The molecule has 0 unspecified atom stereocenters. The summed E-state index contributed by atoms with van der Waals surface area (Å²) in [5.41, 5.74) is 1.68. The SMILES string of the molecule is O=C(Nc1cc(-c2ccncc2)c[nH]c1=O)C1=CCCS1. The molecule has 0 fully saturated rings. The lowest BCUT2D eigenvalue weighted by molar-refractivity contribution is -0.112. The van der Waals surface area contributed by atoms with Crippen molar-refractivity contribution < 1.29 is 4.79 Å². The third-order valence-electron chi connectivity index (χ3n) is 3.09. The summed E-state index contributed by atoms with van der Waals surface area (Å²) in [6, 6.07) is 5.36. The monoisotopic (exact) mass is 299 g/mol. The number of carbonyl (C=O) groups is 1. The Hall–Kier alpha value is -2.34. The summed E-state index contributed by atoms with van der Waals surface area (Å²) in [5.74, 6) is 0.686. The van der Waals surface area contributed by atoms with Crippen LogP contribution in [0.4, 0.5) is 5.69 Å². The Kier molecular flexibility index (Phi) is 3.87. The van der Waals surface area contributed by atoms with E-state index >= 15 is 0 Å². The number of hydrogen-bond acceptors (Lipinski definition) is 4. The van der Waals surface area contributed by atoms with Crippen LogP contribution in [0.1, 0.15) is 6.42 Å². The van der Waals surface area contributed by atoms with Crippen LogP contribution >= 0.6 is 11.8 Å². The van der Waals surface area contributed by atoms with Crippen LogP contribution < -0.4 is 10.9 Å². The van der Waals surface area contributed by atoms with Gasteiger partial charge in [0.15, 0.2) is 0 Å². The molecule has 3 rings (SSSR count). The second kappa shape index (κ2) is 5.97. The molecule has 0 saturated heterocycles. The normalized spacial score (nSPS) is 13.8. The zero-order chi connectivity index (χ0) is 14.7. The third kappa shape index (κ3) is 3.05. The van der Waals surface area contributed by atoms with Gasteiger partial charge >= 0.3 is 0 Å². The molecule has 5 nitrogen and oxygen atoms in total. The Bertz CT molecular complexity index is 753. The number of nitrogens with one attached hydrogen (secondary N) is 2. The fourth-order valence-corrected chi connectivity index (χ4v) is 2.92. The van der Waals surface area contributed by atoms with Gasteiger partial charge in [0, 0.05) is 29.9 Å². The summed E-state index contributed by atoms with van der Waals surface area (Å²) >= 11 is 1.50. The third-order valence-corrected chi connectivity index (χ3v) is 4.20. The van der Waals surface area contributed by atoms with Crippen molar-refractivity contribution >= 4 is 23.4 Å².